The molecule has 0 bridgehead atoms. The number of hydrogen-bond donors (Lipinski definition) is 1. The molecule has 2 aliphatic heterocycles. The molecule has 1 saturated heterocycles. The number of hydrogen-bond acceptors (Lipinski definition) is 4. The van der Waals surface area contributed by atoms with E-state index in [2.05, 4.69) is 20.1 Å². The molecule has 0 radical (unpaired) electrons. The van der Waals surface area contributed by atoms with Crippen LogP contribution in [0.3, 0.4) is 0 Å². The molecule has 0 saturated carbocycles. The molecular weight excluding hydrogens is 310 g/mol. The van der Waals surface area contributed by atoms with Crippen LogP contribution in [0.25, 0.3) is 0 Å². The fourth-order valence-corrected chi connectivity index (χ4v) is 4.14. The van der Waals surface area contributed by atoms with Crippen LogP contribution in [0.4, 0.5) is 10.5 Å². The highest BCUT2D eigenvalue weighted by atomic mass is 32.1. The monoisotopic (exact) mass is 331 g/mol. The number of aryl methyl sites for hydroxylation is 1. The number of urea groups is 1. The highest BCUT2D eigenvalue weighted by Crippen LogP contribution is 2.32. The Kier molecular flexibility index (Phi) is 4.03. The summed E-state index contributed by atoms with van der Waals surface area (Å²) in [5.74, 6) is 2.05. The molecule has 1 atom stereocenters. The molecule has 1 unspecified atom stereocenters. The smallest absolute Gasteiger partial charge is 0.314 e. The topological polar surface area (TPSA) is 63.1 Å². The summed E-state index contributed by atoms with van der Waals surface area (Å²) in [4.78, 5) is 14.6. The van der Waals surface area contributed by atoms with E-state index in [1.807, 2.05) is 21.7 Å². The van der Waals surface area contributed by atoms with Gasteiger partial charge in [0.25, 0.3) is 0 Å². The van der Waals surface area contributed by atoms with E-state index in [-0.39, 0.29) is 12.1 Å². The molecule has 0 aliphatic carbocycles. The van der Waals surface area contributed by atoms with Crippen LogP contribution in [0.2, 0.25) is 0 Å². The Labute approximate surface area is 139 Å². The zero-order valence-electron chi connectivity index (χ0n) is 13.1. The Morgan fingerprint density at radius 2 is 2.13 bits per heavy atom. The van der Waals surface area contributed by atoms with Crippen molar-refractivity contribution in [2.24, 2.45) is 0 Å². The first-order valence-corrected chi connectivity index (χ1v) is 9.29. The minimum Gasteiger partial charge on any atom is -0.314 e. The van der Waals surface area contributed by atoms with Crippen LogP contribution in [-0.2, 0) is 13.0 Å². The van der Waals surface area contributed by atoms with E-state index < -0.39 is 0 Å². The second kappa shape index (κ2) is 6.31. The highest BCUT2D eigenvalue weighted by molar-refractivity contribution is 7.08. The van der Waals surface area contributed by atoms with Crippen molar-refractivity contribution in [2.45, 2.75) is 51.1 Å². The Morgan fingerprint density at radius 1 is 1.22 bits per heavy atom. The Bertz CT molecular complexity index is 681. The molecule has 7 heteroatoms. The highest BCUT2D eigenvalue weighted by Gasteiger charge is 2.33. The van der Waals surface area contributed by atoms with Crippen LogP contribution in [0.5, 0.6) is 0 Å². The normalized spacial score (nSPS) is 21.0. The number of thiophene rings is 1. The van der Waals surface area contributed by atoms with Gasteiger partial charge in [-0.2, -0.15) is 11.3 Å². The molecule has 122 valence electrons. The number of piperidine rings is 1. The van der Waals surface area contributed by atoms with Gasteiger partial charge in [0, 0.05) is 24.9 Å². The van der Waals surface area contributed by atoms with Gasteiger partial charge in [-0.3, -0.25) is 0 Å². The summed E-state index contributed by atoms with van der Waals surface area (Å²) in [5.41, 5.74) is 0.868. The lowest BCUT2D eigenvalue weighted by atomic mass is 10.0. The van der Waals surface area contributed by atoms with E-state index in [0.717, 1.165) is 56.1 Å². The van der Waals surface area contributed by atoms with Crippen LogP contribution in [0, 0.1) is 0 Å². The molecule has 23 heavy (non-hydrogen) atoms. The van der Waals surface area contributed by atoms with Gasteiger partial charge >= 0.3 is 6.03 Å². The van der Waals surface area contributed by atoms with Gasteiger partial charge in [0.05, 0.1) is 11.7 Å². The molecule has 2 aliphatic rings. The summed E-state index contributed by atoms with van der Waals surface area (Å²) in [6, 6.07) is 1.95. The number of nitrogens with zero attached hydrogens (tertiary/aromatic N) is 4. The van der Waals surface area contributed by atoms with Gasteiger partial charge in [-0.15, -0.1) is 10.2 Å². The van der Waals surface area contributed by atoms with Crippen LogP contribution < -0.4 is 5.32 Å². The predicted octanol–water partition coefficient (Wildman–Crippen LogP) is 3.44. The first kappa shape index (κ1) is 14.7. The lowest BCUT2D eigenvalue weighted by Crippen LogP contribution is -2.42. The van der Waals surface area contributed by atoms with Crippen LogP contribution >= 0.6 is 11.3 Å². The Balaban J connectivity index is 1.58. The number of likely N-dealkylation sites (tertiary alicyclic amines) is 1. The number of nitrogens with one attached hydrogen (secondary N) is 1. The summed E-state index contributed by atoms with van der Waals surface area (Å²) in [5, 5.41) is 15.7. The third-order valence-corrected chi connectivity index (χ3v) is 5.41. The predicted molar refractivity (Wildman–Crippen MR) is 89.6 cm³/mol. The summed E-state index contributed by atoms with van der Waals surface area (Å²) in [6.07, 6.45) is 6.51. The van der Waals surface area contributed by atoms with Crippen molar-refractivity contribution in [3.63, 3.8) is 0 Å². The fourth-order valence-electron chi connectivity index (χ4n) is 3.55. The van der Waals surface area contributed by atoms with Gasteiger partial charge in [-0.25, -0.2) is 4.79 Å². The van der Waals surface area contributed by atoms with Gasteiger partial charge in [0.2, 0.25) is 0 Å². The fraction of sp³-hybridized carbons (Fsp3) is 0.562. The second-order valence-corrected chi connectivity index (χ2v) is 7.01. The molecule has 4 rings (SSSR count). The molecule has 0 spiro atoms. The first-order valence-electron chi connectivity index (χ1n) is 8.35. The van der Waals surface area contributed by atoms with E-state index in [1.165, 1.54) is 12.8 Å². The molecule has 6 nitrogen and oxygen atoms in total. The first-order chi connectivity index (χ1) is 11.3. The quantitative estimate of drug-likeness (QED) is 0.917. The largest absolute Gasteiger partial charge is 0.322 e. The molecule has 4 heterocycles. The SMILES string of the molecule is O=C(Nc1ccsc1)N1CCCCC1c1nnc2n1CCCC2. The zero-order valence-corrected chi connectivity index (χ0v) is 13.9. The number of fused-ring (bicyclic) bond motifs is 1. The summed E-state index contributed by atoms with van der Waals surface area (Å²) in [7, 11) is 0. The van der Waals surface area contributed by atoms with Gasteiger partial charge in [-0.05, 0) is 43.6 Å². The maximum absolute atomic E-state index is 12.7. The van der Waals surface area contributed by atoms with Crippen molar-refractivity contribution >= 4 is 23.1 Å². The molecule has 1 fully saturated rings. The third-order valence-electron chi connectivity index (χ3n) is 4.72. The minimum atomic E-state index is -0.0266. The van der Waals surface area contributed by atoms with Gasteiger partial charge in [0.1, 0.15) is 5.82 Å². The molecular formula is C16H21N5OS. The Hall–Kier alpha value is -1.89. The maximum Gasteiger partial charge on any atom is 0.322 e. The standard InChI is InChI=1S/C16H21N5OS/c22-16(17-12-7-10-23-11-12)20-8-3-1-5-13(20)15-19-18-14-6-2-4-9-21(14)15/h7,10-11,13H,1-6,8-9H2,(H,17,22). The lowest BCUT2D eigenvalue weighted by Gasteiger charge is -2.35. The summed E-state index contributed by atoms with van der Waals surface area (Å²) >= 11 is 1.59. The molecule has 2 aromatic rings. The maximum atomic E-state index is 12.7. The van der Waals surface area contributed by atoms with Gasteiger partial charge < -0.3 is 14.8 Å². The molecule has 1 N–H and O–H groups in total. The van der Waals surface area contributed by atoms with Crippen molar-refractivity contribution < 1.29 is 4.79 Å². The molecule has 0 aromatic carbocycles. The number of carbonyl (C=O) groups is 1. The van der Waals surface area contributed by atoms with Crippen molar-refractivity contribution in [3.8, 4) is 0 Å². The van der Waals surface area contributed by atoms with E-state index in [9.17, 15) is 4.79 Å². The van der Waals surface area contributed by atoms with Crippen LogP contribution in [0.1, 0.15) is 49.8 Å². The van der Waals surface area contributed by atoms with Crippen LogP contribution in [0.15, 0.2) is 16.8 Å². The van der Waals surface area contributed by atoms with Crippen molar-refractivity contribution in [3.05, 3.63) is 28.5 Å². The van der Waals surface area contributed by atoms with E-state index in [0.29, 0.717) is 0 Å². The number of carbonyl (C=O) groups excluding carboxylic acids is 1. The summed E-state index contributed by atoms with van der Waals surface area (Å²) in [6.45, 7) is 1.76. The number of amides is 2. The average Bonchev–Trinajstić information content (AvgIpc) is 3.24. The second-order valence-electron chi connectivity index (χ2n) is 6.23. The van der Waals surface area contributed by atoms with Crippen molar-refractivity contribution in [1.82, 2.24) is 19.7 Å². The van der Waals surface area contributed by atoms with E-state index >= 15 is 0 Å². The molecule has 2 amide bonds. The van der Waals surface area contributed by atoms with Crippen LogP contribution in [-0.4, -0.2) is 32.2 Å². The van der Waals surface area contributed by atoms with Crippen molar-refractivity contribution in [1.29, 1.82) is 0 Å². The minimum absolute atomic E-state index is 0.0266. The number of anilines is 1. The number of aromatic nitrogens is 3. The zero-order chi connectivity index (χ0) is 15.6. The van der Waals surface area contributed by atoms with E-state index in [4.69, 9.17) is 0 Å². The third kappa shape index (κ3) is 2.85. The van der Waals surface area contributed by atoms with E-state index in [1.54, 1.807) is 11.3 Å². The van der Waals surface area contributed by atoms with Gasteiger partial charge in [-0.1, -0.05) is 0 Å². The van der Waals surface area contributed by atoms with Gasteiger partial charge in [0.15, 0.2) is 5.82 Å². The number of rotatable bonds is 2. The Morgan fingerprint density at radius 3 is 3.00 bits per heavy atom. The van der Waals surface area contributed by atoms with Crippen molar-refractivity contribution in [2.75, 3.05) is 11.9 Å². The average molecular weight is 331 g/mol. The lowest BCUT2D eigenvalue weighted by molar-refractivity contribution is 0.156. The molecule has 2 aromatic heterocycles. The summed E-state index contributed by atoms with van der Waals surface area (Å²) < 4.78 is 2.24.